The average Bonchev–Trinajstić information content (AvgIpc) is 3.33. The standard InChI is InChI=1S/C18H25N3O/c19-14-6-9-17(16(12-14)18(22)21-15-7-8-15)20-11-10-13-4-2-1-3-5-13/h4,6,9,12,15,20H,1-3,5,7-8,10-11,19H2,(H,21,22). The molecular formula is C18H25N3O. The summed E-state index contributed by atoms with van der Waals surface area (Å²) in [5.41, 5.74) is 9.54. The molecule has 4 N–H and O–H groups in total. The highest BCUT2D eigenvalue weighted by Crippen LogP contribution is 2.24. The summed E-state index contributed by atoms with van der Waals surface area (Å²) in [6.07, 6.45) is 10.7. The number of carbonyl (C=O) groups is 1. The maximum atomic E-state index is 12.3. The Kier molecular flexibility index (Phi) is 4.66. The van der Waals surface area contributed by atoms with E-state index in [4.69, 9.17) is 5.73 Å². The molecule has 22 heavy (non-hydrogen) atoms. The third-order valence-electron chi connectivity index (χ3n) is 4.35. The molecule has 1 saturated carbocycles. The summed E-state index contributed by atoms with van der Waals surface area (Å²) in [4.78, 5) is 12.3. The van der Waals surface area contributed by atoms with Gasteiger partial charge in [0.05, 0.1) is 5.56 Å². The van der Waals surface area contributed by atoms with Crippen molar-refractivity contribution in [1.29, 1.82) is 0 Å². The topological polar surface area (TPSA) is 67.1 Å². The minimum Gasteiger partial charge on any atom is -0.399 e. The highest BCUT2D eigenvalue weighted by molar-refractivity contribution is 6.00. The van der Waals surface area contributed by atoms with Crippen LogP contribution in [0.15, 0.2) is 29.8 Å². The Morgan fingerprint density at radius 2 is 2.14 bits per heavy atom. The van der Waals surface area contributed by atoms with Crippen molar-refractivity contribution in [2.45, 2.75) is 51.0 Å². The summed E-state index contributed by atoms with van der Waals surface area (Å²) in [6, 6.07) is 5.87. The van der Waals surface area contributed by atoms with Crippen molar-refractivity contribution in [2.24, 2.45) is 0 Å². The van der Waals surface area contributed by atoms with E-state index in [0.29, 0.717) is 17.3 Å². The SMILES string of the molecule is Nc1ccc(NCCC2=CCCCC2)c(C(=O)NC2CC2)c1. The van der Waals surface area contributed by atoms with Crippen LogP contribution in [0.4, 0.5) is 11.4 Å². The molecular weight excluding hydrogens is 274 g/mol. The van der Waals surface area contributed by atoms with E-state index < -0.39 is 0 Å². The molecule has 0 saturated heterocycles. The van der Waals surface area contributed by atoms with Crippen LogP contribution in [0.1, 0.15) is 55.3 Å². The van der Waals surface area contributed by atoms with Gasteiger partial charge in [0.1, 0.15) is 0 Å². The Hall–Kier alpha value is -1.97. The van der Waals surface area contributed by atoms with Crippen LogP contribution >= 0.6 is 0 Å². The zero-order chi connectivity index (χ0) is 15.4. The van der Waals surface area contributed by atoms with Gasteiger partial charge in [-0.25, -0.2) is 0 Å². The number of nitrogens with one attached hydrogen (secondary N) is 2. The van der Waals surface area contributed by atoms with E-state index in [1.54, 1.807) is 6.07 Å². The maximum absolute atomic E-state index is 12.3. The normalized spacial score (nSPS) is 17.7. The molecule has 0 atom stereocenters. The van der Waals surface area contributed by atoms with Crippen molar-refractivity contribution >= 4 is 17.3 Å². The molecule has 4 heteroatoms. The van der Waals surface area contributed by atoms with Crippen LogP contribution in [-0.2, 0) is 0 Å². The van der Waals surface area contributed by atoms with Gasteiger partial charge in [0.15, 0.2) is 0 Å². The lowest BCUT2D eigenvalue weighted by Gasteiger charge is -2.15. The van der Waals surface area contributed by atoms with E-state index in [2.05, 4.69) is 16.7 Å². The summed E-state index contributed by atoms with van der Waals surface area (Å²) in [5, 5.41) is 6.44. The molecule has 1 aromatic carbocycles. The van der Waals surface area contributed by atoms with Crippen molar-refractivity contribution in [3.63, 3.8) is 0 Å². The fourth-order valence-corrected chi connectivity index (χ4v) is 2.88. The Bertz CT molecular complexity index is 576. The summed E-state index contributed by atoms with van der Waals surface area (Å²) in [6.45, 7) is 0.861. The van der Waals surface area contributed by atoms with Crippen LogP contribution < -0.4 is 16.4 Å². The smallest absolute Gasteiger partial charge is 0.253 e. The molecule has 1 fully saturated rings. The van der Waals surface area contributed by atoms with Crippen molar-refractivity contribution < 1.29 is 4.79 Å². The first-order valence-corrected chi connectivity index (χ1v) is 8.34. The van der Waals surface area contributed by atoms with Gasteiger partial charge in [0.25, 0.3) is 5.91 Å². The molecule has 1 amide bonds. The van der Waals surface area contributed by atoms with Crippen molar-refractivity contribution in [3.05, 3.63) is 35.4 Å². The number of nitrogen functional groups attached to an aromatic ring is 1. The van der Waals surface area contributed by atoms with Gasteiger partial charge in [-0.15, -0.1) is 0 Å². The first kappa shape index (κ1) is 14.9. The monoisotopic (exact) mass is 299 g/mol. The Morgan fingerprint density at radius 1 is 1.27 bits per heavy atom. The molecule has 4 nitrogen and oxygen atoms in total. The Labute approximate surface area is 132 Å². The molecule has 118 valence electrons. The fourth-order valence-electron chi connectivity index (χ4n) is 2.88. The molecule has 0 heterocycles. The Balaban J connectivity index is 1.61. The summed E-state index contributed by atoms with van der Waals surface area (Å²) >= 11 is 0. The van der Waals surface area contributed by atoms with Gasteiger partial charge in [-0.3, -0.25) is 4.79 Å². The number of hydrogen-bond donors (Lipinski definition) is 3. The van der Waals surface area contributed by atoms with Gasteiger partial charge in [-0.1, -0.05) is 11.6 Å². The number of benzene rings is 1. The van der Waals surface area contributed by atoms with Gasteiger partial charge in [-0.05, 0) is 63.1 Å². The van der Waals surface area contributed by atoms with Gasteiger partial charge in [0.2, 0.25) is 0 Å². The van der Waals surface area contributed by atoms with E-state index in [-0.39, 0.29) is 5.91 Å². The highest BCUT2D eigenvalue weighted by Gasteiger charge is 2.24. The van der Waals surface area contributed by atoms with Crippen LogP contribution in [0.2, 0.25) is 0 Å². The highest BCUT2D eigenvalue weighted by atomic mass is 16.1. The van der Waals surface area contributed by atoms with Crippen LogP contribution in [0.3, 0.4) is 0 Å². The molecule has 0 bridgehead atoms. The van der Waals surface area contributed by atoms with Gasteiger partial charge < -0.3 is 16.4 Å². The van der Waals surface area contributed by atoms with Crippen molar-refractivity contribution in [2.75, 3.05) is 17.6 Å². The van der Waals surface area contributed by atoms with Crippen molar-refractivity contribution in [3.8, 4) is 0 Å². The van der Waals surface area contributed by atoms with Crippen molar-refractivity contribution in [1.82, 2.24) is 5.32 Å². The zero-order valence-corrected chi connectivity index (χ0v) is 13.0. The molecule has 2 aliphatic carbocycles. The van der Waals surface area contributed by atoms with E-state index in [0.717, 1.165) is 31.5 Å². The molecule has 0 unspecified atom stereocenters. The molecule has 2 aliphatic rings. The van der Waals surface area contributed by atoms with Gasteiger partial charge >= 0.3 is 0 Å². The zero-order valence-electron chi connectivity index (χ0n) is 13.0. The van der Waals surface area contributed by atoms with Crippen LogP contribution in [0.5, 0.6) is 0 Å². The third kappa shape index (κ3) is 4.03. The minimum atomic E-state index is -0.0193. The minimum absolute atomic E-state index is 0.0193. The van der Waals surface area contributed by atoms with Crippen LogP contribution in [0.25, 0.3) is 0 Å². The summed E-state index contributed by atoms with van der Waals surface area (Å²) in [5.74, 6) is -0.0193. The predicted octanol–water partition coefficient (Wildman–Crippen LogP) is 3.46. The number of hydrogen-bond acceptors (Lipinski definition) is 3. The predicted molar refractivity (Wildman–Crippen MR) is 91.0 cm³/mol. The second kappa shape index (κ2) is 6.86. The molecule has 1 aromatic rings. The average molecular weight is 299 g/mol. The fraction of sp³-hybridized carbons (Fsp3) is 0.500. The largest absolute Gasteiger partial charge is 0.399 e. The third-order valence-corrected chi connectivity index (χ3v) is 4.35. The lowest BCUT2D eigenvalue weighted by molar-refractivity contribution is 0.0952. The Morgan fingerprint density at radius 3 is 2.86 bits per heavy atom. The second-order valence-electron chi connectivity index (χ2n) is 6.34. The second-order valence-corrected chi connectivity index (χ2v) is 6.34. The van der Waals surface area contributed by atoms with E-state index in [1.165, 1.54) is 31.3 Å². The molecule has 0 spiro atoms. The molecule has 0 radical (unpaired) electrons. The lowest BCUT2D eigenvalue weighted by atomic mass is 9.97. The number of allylic oxidation sites excluding steroid dienone is 1. The van der Waals surface area contributed by atoms with E-state index in [1.807, 2.05) is 12.1 Å². The van der Waals surface area contributed by atoms with Gasteiger partial charge in [-0.2, -0.15) is 0 Å². The molecule has 0 aliphatic heterocycles. The van der Waals surface area contributed by atoms with Gasteiger partial charge in [0, 0.05) is 24.0 Å². The van der Waals surface area contributed by atoms with E-state index >= 15 is 0 Å². The molecule has 0 aromatic heterocycles. The van der Waals surface area contributed by atoms with Crippen LogP contribution in [-0.4, -0.2) is 18.5 Å². The van der Waals surface area contributed by atoms with E-state index in [9.17, 15) is 4.79 Å². The maximum Gasteiger partial charge on any atom is 0.253 e. The quantitative estimate of drug-likeness (QED) is 0.556. The number of rotatable bonds is 6. The number of nitrogens with two attached hydrogens (primary N) is 1. The lowest BCUT2D eigenvalue weighted by Crippen LogP contribution is -2.26. The summed E-state index contributed by atoms with van der Waals surface area (Å²) < 4.78 is 0. The number of amides is 1. The van der Waals surface area contributed by atoms with Crippen LogP contribution in [0, 0.1) is 0 Å². The number of carbonyl (C=O) groups excluding carboxylic acids is 1. The first-order valence-electron chi connectivity index (χ1n) is 8.34. The number of anilines is 2. The molecule has 3 rings (SSSR count). The first-order chi connectivity index (χ1) is 10.7. The summed E-state index contributed by atoms with van der Waals surface area (Å²) in [7, 11) is 0.